The van der Waals surface area contributed by atoms with Gasteiger partial charge in [-0.05, 0) is 6.07 Å². The van der Waals surface area contributed by atoms with Crippen LogP contribution in [0, 0.1) is 0 Å². The number of hydrogen-bond donors (Lipinski definition) is 0. The molecule has 0 bridgehead atoms. The lowest BCUT2D eigenvalue weighted by molar-refractivity contribution is -0.140. The minimum atomic E-state index is -0.238. The Bertz CT molecular complexity index is 569. The van der Waals surface area contributed by atoms with E-state index in [1.54, 1.807) is 17.8 Å². The molecule has 0 aliphatic carbocycles. The van der Waals surface area contributed by atoms with Crippen LogP contribution in [0.25, 0.3) is 5.65 Å². The Morgan fingerprint density at radius 3 is 2.95 bits per heavy atom. The molecule has 0 N–H and O–H groups in total. The summed E-state index contributed by atoms with van der Waals surface area (Å²) in [5.41, 5.74) is 0.767. The van der Waals surface area contributed by atoms with E-state index in [9.17, 15) is 4.79 Å². The number of ether oxygens (including phenoxy) is 2. The van der Waals surface area contributed by atoms with E-state index >= 15 is 0 Å². The summed E-state index contributed by atoms with van der Waals surface area (Å²) in [5, 5.41) is 4.11. The third-order valence-corrected chi connectivity index (χ3v) is 2.95. The molecule has 0 saturated carbocycles. The molecule has 7 heteroatoms. The highest BCUT2D eigenvalue weighted by Gasteiger charge is 2.11. The number of rotatable bonds is 7. The first-order valence-corrected chi connectivity index (χ1v) is 6.35. The number of anilines is 1. The van der Waals surface area contributed by atoms with Crippen molar-refractivity contribution in [1.29, 1.82) is 0 Å². The Labute approximate surface area is 117 Å². The highest BCUT2D eigenvalue weighted by atomic mass is 16.5. The lowest BCUT2D eigenvalue weighted by Gasteiger charge is -2.22. The highest BCUT2D eigenvalue weighted by Crippen LogP contribution is 2.12. The molecular weight excluding hydrogens is 260 g/mol. The van der Waals surface area contributed by atoms with E-state index in [4.69, 9.17) is 4.74 Å². The fourth-order valence-corrected chi connectivity index (χ4v) is 1.85. The fourth-order valence-electron chi connectivity index (χ4n) is 1.85. The van der Waals surface area contributed by atoms with Crippen LogP contribution in [0.15, 0.2) is 24.5 Å². The lowest BCUT2D eigenvalue weighted by atomic mass is 10.3. The van der Waals surface area contributed by atoms with Crippen LogP contribution in [-0.2, 0) is 14.3 Å². The van der Waals surface area contributed by atoms with Gasteiger partial charge in [0.1, 0.15) is 5.82 Å². The average Bonchev–Trinajstić information content (AvgIpc) is 2.94. The Hall–Kier alpha value is -2.15. The normalized spacial score (nSPS) is 10.7. The summed E-state index contributed by atoms with van der Waals surface area (Å²) in [6.07, 6.45) is 3.85. The number of esters is 1. The summed E-state index contributed by atoms with van der Waals surface area (Å²) in [6.45, 7) is 1.76. The predicted octanol–water partition coefficient (Wildman–Crippen LogP) is 0.745. The molecule has 2 rings (SSSR count). The zero-order valence-electron chi connectivity index (χ0n) is 11.7. The predicted molar refractivity (Wildman–Crippen MR) is 73.7 cm³/mol. The second kappa shape index (κ2) is 6.85. The van der Waals surface area contributed by atoms with Gasteiger partial charge in [-0.1, -0.05) is 0 Å². The van der Waals surface area contributed by atoms with Crippen molar-refractivity contribution in [1.82, 2.24) is 14.6 Å². The number of carbonyl (C=O) groups excluding carboxylic acids is 1. The minimum absolute atomic E-state index is 0.238. The van der Waals surface area contributed by atoms with Gasteiger partial charge in [0, 0.05) is 32.5 Å². The van der Waals surface area contributed by atoms with Crippen LogP contribution in [-0.4, -0.2) is 54.5 Å². The summed E-state index contributed by atoms with van der Waals surface area (Å²) in [7, 11) is 3.03. The first kappa shape index (κ1) is 14.3. The van der Waals surface area contributed by atoms with Crippen molar-refractivity contribution < 1.29 is 14.3 Å². The van der Waals surface area contributed by atoms with E-state index in [1.807, 2.05) is 23.2 Å². The Morgan fingerprint density at radius 2 is 2.20 bits per heavy atom. The summed E-state index contributed by atoms with van der Waals surface area (Å²) in [6, 6.07) is 3.70. The van der Waals surface area contributed by atoms with Crippen molar-refractivity contribution >= 4 is 17.4 Å². The van der Waals surface area contributed by atoms with Gasteiger partial charge in [-0.2, -0.15) is 5.10 Å². The van der Waals surface area contributed by atoms with Gasteiger partial charge < -0.3 is 14.4 Å². The SMILES string of the molecule is COCCN(CCC(=O)OC)c1ccn2nccc2n1. The number of nitrogens with zero attached hydrogens (tertiary/aromatic N) is 4. The van der Waals surface area contributed by atoms with Crippen molar-refractivity contribution in [3.8, 4) is 0 Å². The maximum absolute atomic E-state index is 11.3. The summed E-state index contributed by atoms with van der Waals surface area (Å²) < 4.78 is 11.5. The Morgan fingerprint density at radius 1 is 1.35 bits per heavy atom. The van der Waals surface area contributed by atoms with Crippen molar-refractivity contribution in [3.05, 3.63) is 24.5 Å². The number of carbonyl (C=O) groups is 1. The molecule has 0 fully saturated rings. The zero-order chi connectivity index (χ0) is 14.4. The average molecular weight is 278 g/mol. The van der Waals surface area contributed by atoms with Gasteiger partial charge in [0.2, 0.25) is 0 Å². The largest absolute Gasteiger partial charge is 0.469 e. The van der Waals surface area contributed by atoms with E-state index in [2.05, 4.69) is 14.8 Å². The molecule has 0 atom stereocenters. The molecule has 0 aromatic carbocycles. The molecular formula is C13H18N4O3. The molecule has 2 aromatic heterocycles. The van der Waals surface area contributed by atoms with Gasteiger partial charge in [0.05, 0.1) is 26.3 Å². The van der Waals surface area contributed by atoms with Gasteiger partial charge >= 0.3 is 5.97 Å². The minimum Gasteiger partial charge on any atom is -0.469 e. The quantitative estimate of drug-likeness (QED) is 0.696. The summed E-state index contributed by atoms with van der Waals surface area (Å²) >= 11 is 0. The molecule has 0 radical (unpaired) electrons. The van der Waals surface area contributed by atoms with Gasteiger partial charge in [-0.3, -0.25) is 4.79 Å². The van der Waals surface area contributed by atoms with E-state index in [0.29, 0.717) is 26.1 Å². The molecule has 0 aliphatic rings. The van der Waals surface area contributed by atoms with Gasteiger partial charge in [0.25, 0.3) is 0 Å². The second-order valence-electron chi connectivity index (χ2n) is 4.23. The van der Waals surface area contributed by atoms with E-state index in [1.165, 1.54) is 7.11 Å². The Balaban J connectivity index is 2.13. The van der Waals surface area contributed by atoms with Gasteiger partial charge in [-0.25, -0.2) is 9.50 Å². The molecule has 0 saturated heterocycles. The third-order valence-electron chi connectivity index (χ3n) is 2.95. The first-order valence-electron chi connectivity index (χ1n) is 6.35. The van der Waals surface area contributed by atoms with Crippen LogP contribution in [0.1, 0.15) is 6.42 Å². The number of hydrogen-bond acceptors (Lipinski definition) is 6. The fraction of sp³-hybridized carbons (Fsp3) is 0.462. The smallest absolute Gasteiger partial charge is 0.307 e. The third kappa shape index (κ3) is 3.45. The molecule has 0 amide bonds. The molecule has 2 heterocycles. The topological polar surface area (TPSA) is 69.0 Å². The van der Waals surface area contributed by atoms with Crippen molar-refractivity contribution in [2.24, 2.45) is 0 Å². The van der Waals surface area contributed by atoms with E-state index in [0.717, 1.165) is 11.5 Å². The van der Waals surface area contributed by atoms with Crippen LogP contribution in [0.4, 0.5) is 5.82 Å². The molecule has 108 valence electrons. The summed E-state index contributed by atoms with van der Waals surface area (Å²) in [4.78, 5) is 17.8. The standard InChI is InChI=1S/C13H18N4O3/c1-19-10-9-16(7-5-13(18)20-2)11-4-8-17-12(15-11)3-6-14-17/h3-4,6,8H,5,7,9-10H2,1-2H3. The maximum Gasteiger partial charge on any atom is 0.307 e. The van der Waals surface area contributed by atoms with Crippen LogP contribution in [0.5, 0.6) is 0 Å². The highest BCUT2D eigenvalue weighted by molar-refractivity contribution is 5.70. The number of fused-ring (bicyclic) bond motifs is 1. The van der Waals surface area contributed by atoms with Crippen LogP contribution < -0.4 is 4.90 Å². The first-order chi connectivity index (χ1) is 9.74. The monoisotopic (exact) mass is 278 g/mol. The molecule has 0 unspecified atom stereocenters. The Kier molecular flexibility index (Phi) is 4.89. The van der Waals surface area contributed by atoms with Gasteiger partial charge in [-0.15, -0.1) is 0 Å². The van der Waals surface area contributed by atoms with Crippen LogP contribution in [0.3, 0.4) is 0 Å². The van der Waals surface area contributed by atoms with E-state index < -0.39 is 0 Å². The lowest BCUT2D eigenvalue weighted by Crippen LogP contribution is -2.30. The van der Waals surface area contributed by atoms with Crippen LogP contribution >= 0.6 is 0 Å². The van der Waals surface area contributed by atoms with Crippen molar-refractivity contribution in [3.63, 3.8) is 0 Å². The molecule has 0 spiro atoms. The number of aromatic nitrogens is 3. The molecule has 20 heavy (non-hydrogen) atoms. The van der Waals surface area contributed by atoms with Crippen molar-refractivity contribution in [2.45, 2.75) is 6.42 Å². The van der Waals surface area contributed by atoms with E-state index in [-0.39, 0.29) is 5.97 Å². The summed E-state index contributed by atoms with van der Waals surface area (Å²) in [5.74, 6) is 0.553. The maximum atomic E-state index is 11.3. The van der Waals surface area contributed by atoms with Gasteiger partial charge in [0.15, 0.2) is 5.65 Å². The molecule has 2 aromatic rings. The molecule has 7 nitrogen and oxygen atoms in total. The zero-order valence-corrected chi connectivity index (χ0v) is 11.7. The van der Waals surface area contributed by atoms with Crippen LogP contribution in [0.2, 0.25) is 0 Å². The molecule has 0 aliphatic heterocycles. The van der Waals surface area contributed by atoms with Crippen molar-refractivity contribution in [2.75, 3.05) is 38.8 Å². The number of methoxy groups -OCH3 is 2. The second-order valence-corrected chi connectivity index (χ2v) is 4.23.